The van der Waals surface area contributed by atoms with Crippen LogP contribution in [-0.4, -0.2) is 34.5 Å². The molecule has 0 bridgehead atoms. The summed E-state index contributed by atoms with van der Waals surface area (Å²) in [6.45, 7) is 3.86. The third-order valence-corrected chi connectivity index (χ3v) is 4.43. The molecule has 1 amide bonds. The molecule has 0 saturated heterocycles. The molecule has 1 saturated carbocycles. The first-order valence-electron chi connectivity index (χ1n) is 9.26. The van der Waals surface area contributed by atoms with E-state index in [0.717, 1.165) is 31.4 Å². The van der Waals surface area contributed by atoms with Crippen LogP contribution >= 0.6 is 0 Å². The molecule has 1 aromatic carbocycles. The van der Waals surface area contributed by atoms with E-state index >= 15 is 0 Å². The molecule has 2 aromatic rings. The molecule has 2 N–H and O–H groups in total. The van der Waals surface area contributed by atoms with E-state index in [1.807, 2.05) is 0 Å². The highest BCUT2D eigenvalue weighted by Crippen LogP contribution is 2.19. The average Bonchev–Trinajstić information content (AvgIpc) is 3.15. The standard InChI is InChI=1S/C20H24N4O3/c1-3-27-20(26)14-8-10-16(11-9-14)23-18-12-17(21-13(2)22-18)19(25)24-15-6-4-5-7-15/h8-12,15H,3-7H2,1-2H3,(H,24,25)(H,21,22,23). The van der Waals surface area contributed by atoms with Gasteiger partial charge in [-0.1, -0.05) is 12.8 Å². The molecule has 3 rings (SSSR count). The van der Waals surface area contributed by atoms with E-state index in [1.165, 1.54) is 0 Å². The number of aromatic nitrogens is 2. The second kappa shape index (κ2) is 8.62. The Morgan fingerprint density at radius 1 is 1.15 bits per heavy atom. The van der Waals surface area contributed by atoms with Crippen molar-refractivity contribution in [1.29, 1.82) is 0 Å². The van der Waals surface area contributed by atoms with Crippen molar-refractivity contribution in [2.75, 3.05) is 11.9 Å². The highest BCUT2D eigenvalue weighted by atomic mass is 16.5. The number of rotatable bonds is 6. The third-order valence-electron chi connectivity index (χ3n) is 4.43. The van der Waals surface area contributed by atoms with Crippen molar-refractivity contribution in [3.63, 3.8) is 0 Å². The monoisotopic (exact) mass is 368 g/mol. The number of hydrogen-bond donors (Lipinski definition) is 2. The maximum Gasteiger partial charge on any atom is 0.338 e. The van der Waals surface area contributed by atoms with E-state index in [-0.39, 0.29) is 17.9 Å². The molecule has 1 heterocycles. The van der Waals surface area contributed by atoms with Gasteiger partial charge < -0.3 is 15.4 Å². The molecule has 0 aliphatic heterocycles. The molecular formula is C20H24N4O3. The molecule has 1 aliphatic carbocycles. The van der Waals surface area contributed by atoms with E-state index in [4.69, 9.17) is 4.74 Å². The fraction of sp³-hybridized carbons (Fsp3) is 0.400. The van der Waals surface area contributed by atoms with Crippen LogP contribution in [0.1, 0.15) is 59.3 Å². The van der Waals surface area contributed by atoms with Crippen LogP contribution in [0, 0.1) is 6.92 Å². The third kappa shape index (κ3) is 5.03. The van der Waals surface area contributed by atoms with E-state index in [2.05, 4.69) is 20.6 Å². The van der Waals surface area contributed by atoms with E-state index in [0.29, 0.717) is 29.5 Å². The van der Waals surface area contributed by atoms with Gasteiger partial charge in [-0.2, -0.15) is 0 Å². The number of esters is 1. The predicted octanol–water partition coefficient (Wildman–Crippen LogP) is 3.38. The van der Waals surface area contributed by atoms with Crippen LogP contribution < -0.4 is 10.6 Å². The molecule has 0 spiro atoms. The molecule has 1 aromatic heterocycles. The average molecular weight is 368 g/mol. The number of carbonyl (C=O) groups excluding carboxylic acids is 2. The zero-order valence-corrected chi connectivity index (χ0v) is 15.6. The second-order valence-corrected chi connectivity index (χ2v) is 6.56. The summed E-state index contributed by atoms with van der Waals surface area (Å²) in [5.74, 6) is 0.517. The molecule has 1 aliphatic rings. The quantitative estimate of drug-likeness (QED) is 0.759. The first-order chi connectivity index (χ1) is 13.0. The number of anilines is 2. The van der Waals surface area contributed by atoms with E-state index in [1.54, 1.807) is 44.2 Å². The molecule has 142 valence electrons. The van der Waals surface area contributed by atoms with Gasteiger partial charge in [0, 0.05) is 17.8 Å². The molecule has 7 nitrogen and oxygen atoms in total. The summed E-state index contributed by atoms with van der Waals surface area (Å²) in [7, 11) is 0. The van der Waals surface area contributed by atoms with Crippen LogP contribution in [0.25, 0.3) is 0 Å². The van der Waals surface area contributed by atoms with E-state index in [9.17, 15) is 9.59 Å². The Hall–Kier alpha value is -2.96. The van der Waals surface area contributed by atoms with Crippen LogP contribution in [0.5, 0.6) is 0 Å². The molecule has 27 heavy (non-hydrogen) atoms. The summed E-state index contributed by atoms with van der Waals surface area (Å²) in [6.07, 6.45) is 4.35. The first kappa shape index (κ1) is 18.8. The summed E-state index contributed by atoms with van der Waals surface area (Å²) < 4.78 is 4.97. The van der Waals surface area contributed by atoms with Gasteiger partial charge in [-0.25, -0.2) is 14.8 Å². The Balaban J connectivity index is 1.70. The van der Waals surface area contributed by atoms with Crippen LogP contribution in [0.3, 0.4) is 0 Å². The lowest BCUT2D eigenvalue weighted by molar-refractivity contribution is 0.0526. The van der Waals surface area contributed by atoms with Crippen LogP contribution in [0.15, 0.2) is 30.3 Å². The minimum Gasteiger partial charge on any atom is -0.462 e. The van der Waals surface area contributed by atoms with Gasteiger partial charge in [0.2, 0.25) is 0 Å². The number of ether oxygens (including phenoxy) is 1. The lowest BCUT2D eigenvalue weighted by atomic mass is 10.2. The minimum atomic E-state index is -0.354. The molecule has 0 radical (unpaired) electrons. The van der Waals surface area contributed by atoms with Crippen molar-refractivity contribution in [1.82, 2.24) is 15.3 Å². The Morgan fingerprint density at radius 3 is 2.52 bits per heavy atom. The molecular weight excluding hydrogens is 344 g/mol. The van der Waals surface area contributed by atoms with Crippen molar-refractivity contribution in [2.45, 2.75) is 45.6 Å². The summed E-state index contributed by atoms with van der Waals surface area (Å²) in [6, 6.07) is 8.77. The summed E-state index contributed by atoms with van der Waals surface area (Å²) >= 11 is 0. The number of nitrogens with zero attached hydrogens (tertiary/aromatic N) is 2. The van der Waals surface area contributed by atoms with Crippen molar-refractivity contribution in [3.05, 3.63) is 47.4 Å². The first-order valence-corrected chi connectivity index (χ1v) is 9.26. The number of amides is 1. The number of benzene rings is 1. The highest BCUT2D eigenvalue weighted by Gasteiger charge is 2.19. The van der Waals surface area contributed by atoms with Gasteiger partial charge in [-0.15, -0.1) is 0 Å². The van der Waals surface area contributed by atoms with Crippen LogP contribution in [0.2, 0.25) is 0 Å². The highest BCUT2D eigenvalue weighted by molar-refractivity contribution is 5.93. The van der Waals surface area contributed by atoms with Crippen molar-refractivity contribution < 1.29 is 14.3 Å². The van der Waals surface area contributed by atoms with Gasteiger partial charge in [0.05, 0.1) is 12.2 Å². The minimum absolute atomic E-state index is 0.173. The van der Waals surface area contributed by atoms with Gasteiger partial charge in [0.15, 0.2) is 0 Å². The summed E-state index contributed by atoms with van der Waals surface area (Å²) in [5.41, 5.74) is 1.58. The molecule has 0 atom stereocenters. The van der Waals surface area contributed by atoms with Gasteiger partial charge in [-0.05, 0) is 51.0 Å². The van der Waals surface area contributed by atoms with Crippen LogP contribution in [-0.2, 0) is 4.74 Å². The number of nitrogens with one attached hydrogen (secondary N) is 2. The maximum absolute atomic E-state index is 12.5. The fourth-order valence-electron chi connectivity index (χ4n) is 3.13. The van der Waals surface area contributed by atoms with Gasteiger partial charge >= 0.3 is 5.97 Å². The summed E-state index contributed by atoms with van der Waals surface area (Å²) in [4.78, 5) is 32.8. The van der Waals surface area contributed by atoms with Crippen LogP contribution in [0.4, 0.5) is 11.5 Å². The second-order valence-electron chi connectivity index (χ2n) is 6.56. The maximum atomic E-state index is 12.5. The normalized spacial score (nSPS) is 14.0. The summed E-state index contributed by atoms with van der Waals surface area (Å²) in [5, 5.41) is 6.19. The fourth-order valence-corrected chi connectivity index (χ4v) is 3.13. The lowest BCUT2D eigenvalue weighted by Crippen LogP contribution is -2.33. The largest absolute Gasteiger partial charge is 0.462 e. The number of aryl methyl sites for hydroxylation is 1. The van der Waals surface area contributed by atoms with E-state index < -0.39 is 0 Å². The zero-order valence-electron chi connectivity index (χ0n) is 15.6. The predicted molar refractivity (Wildman–Crippen MR) is 102 cm³/mol. The van der Waals surface area contributed by atoms with Gasteiger partial charge in [-0.3, -0.25) is 4.79 Å². The van der Waals surface area contributed by atoms with Gasteiger partial charge in [0.25, 0.3) is 5.91 Å². The number of carbonyl (C=O) groups is 2. The van der Waals surface area contributed by atoms with Crippen molar-refractivity contribution >= 4 is 23.4 Å². The van der Waals surface area contributed by atoms with Gasteiger partial charge in [0.1, 0.15) is 17.3 Å². The smallest absolute Gasteiger partial charge is 0.338 e. The molecule has 1 fully saturated rings. The van der Waals surface area contributed by atoms with Crippen molar-refractivity contribution in [2.24, 2.45) is 0 Å². The van der Waals surface area contributed by atoms with Crippen molar-refractivity contribution in [3.8, 4) is 0 Å². The molecule has 0 unspecified atom stereocenters. The Labute approximate surface area is 158 Å². The lowest BCUT2D eigenvalue weighted by Gasteiger charge is -2.13. The SMILES string of the molecule is CCOC(=O)c1ccc(Nc2cc(C(=O)NC3CCCC3)nc(C)n2)cc1. The Kier molecular flexibility index (Phi) is 6.01. The zero-order chi connectivity index (χ0) is 19.2. The molecule has 7 heteroatoms. The Bertz CT molecular complexity index is 814. The Morgan fingerprint density at radius 2 is 1.85 bits per heavy atom. The topological polar surface area (TPSA) is 93.2 Å². The number of hydrogen-bond acceptors (Lipinski definition) is 6.